The molecule has 144 valence electrons. The van der Waals surface area contributed by atoms with Crippen molar-refractivity contribution in [2.45, 2.75) is 19.7 Å². The first-order chi connectivity index (χ1) is 12.9. The van der Waals surface area contributed by atoms with Crippen molar-refractivity contribution >= 4 is 27.3 Å². The summed E-state index contributed by atoms with van der Waals surface area (Å²) in [6.07, 6.45) is 0. The van der Waals surface area contributed by atoms with Gasteiger partial charge in [-0.1, -0.05) is 5.16 Å². The van der Waals surface area contributed by atoms with Gasteiger partial charge in [0.2, 0.25) is 11.7 Å². The van der Waals surface area contributed by atoms with E-state index in [1.165, 1.54) is 24.1 Å². The van der Waals surface area contributed by atoms with Crippen LogP contribution >= 0.6 is 27.3 Å². The number of ether oxygens (including phenoxy) is 2. The van der Waals surface area contributed by atoms with Gasteiger partial charge in [0.25, 0.3) is 0 Å². The van der Waals surface area contributed by atoms with Crippen LogP contribution in [0.2, 0.25) is 0 Å². The molecule has 0 aliphatic carbocycles. The van der Waals surface area contributed by atoms with E-state index in [4.69, 9.17) is 9.26 Å². The summed E-state index contributed by atoms with van der Waals surface area (Å²) in [6.45, 7) is -1.70. The lowest BCUT2D eigenvalue weighted by atomic mass is 10.2. The lowest BCUT2D eigenvalue weighted by molar-refractivity contribution is -0.0512. The third-order valence-corrected chi connectivity index (χ3v) is 5.17. The second-order valence-corrected chi connectivity index (χ2v) is 8.18. The predicted octanol–water partition coefficient (Wildman–Crippen LogP) is 4.80. The smallest absolute Gasteiger partial charge is 0.387 e. The van der Waals surface area contributed by atoms with Gasteiger partial charge in [0, 0.05) is 17.0 Å². The molecule has 2 aromatic heterocycles. The van der Waals surface area contributed by atoms with E-state index in [9.17, 15) is 8.78 Å². The molecule has 0 amide bonds. The summed E-state index contributed by atoms with van der Waals surface area (Å²) in [4.78, 5) is 7.63. The Morgan fingerprint density at radius 2 is 2.04 bits per heavy atom. The molecule has 1 aromatic carbocycles. The number of alkyl halides is 2. The first kappa shape index (κ1) is 19.7. The van der Waals surface area contributed by atoms with Crippen molar-refractivity contribution in [2.24, 2.45) is 0 Å². The Hall–Kier alpha value is -2.04. The van der Waals surface area contributed by atoms with Crippen LogP contribution in [0.5, 0.6) is 11.5 Å². The van der Waals surface area contributed by atoms with Gasteiger partial charge in [-0.2, -0.15) is 13.8 Å². The van der Waals surface area contributed by atoms with E-state index in [1.807, 2.05) is 13.1 Å². The van der Waals surface area contributed by atoms with E-state index in [0.717, 1.165) is 10.3 Å². The van der Waals surface area contributed by atoms with Crippen molar-refractivity contribution in [3.63, 3.8) is 0 Å². The zero-order valence-electron chi connectivity index (χ0n) is 14.5. The van der Waals surface area contributed by atoms with Gasteiger partial charge in [-0.05, 0) is 53.3 Å². The van der Waals surface area contributed by atoms with Gasteiger partial charge in [-0.25, -0.2) is 0 Å². The highest BCUT2D eigenvalue weighted by molar-refractivity contribution is 9.11. The first-order valence-electron chi connectivity index (χ1n) is 7.83. The van der Waals surface area contributed by atoms with E-state index in [2.05, 4.69) is 41.8 Å². The topological polar surface area (TPSA) is 60.6 Å². The molecular weight excluding hydrogens is 444 g/mol. The van der Waals surface area contributed by atoms with Crippen molar-refractivity contribution in [1.29, 1.82) is 0 Å². The largest absolute Gasteiger partial charge is 0.493 e. The molecule has 0 fully saturated rings. The molecule has 0 atom stereocenters. The lowest BCUT2D eigenvalue weighted by Gasteiger charge is -2.12. The third kappa shape index (κ3) is 5.24. The molecule has 10 heteroatoms. The minimum absolute atomic E-state index is 0.0539. The Balaban J connectivity index is 1.69. The van der Waals surface area contributed by atoms with Gasteiger partial charge < -0.3 is 14.0 Å². The second-order valence-electron chi connectivity index (χ2n) is 5.63. The molecule has 3 rings (SSSR count). The summed E-state index contributed by atoms with van der Waals surface area (Å²) in [5, 5.41) is 3.95. The lowest BCUT2D eigenvalue weighted by Crippen LogP contribution is -2.16. The molecule has 27 heavy (non-hydrogen) atoms. The Morgan fingerprint density at radius 3 is 2.70 bits per heavy atom. The first-order valence-corrected chi connectivity index (χ1v) is 9.44. The van der Waals surface area contributed by atoms with Crippen molar-refractivity contribution in [2.75, 3.05) is 14.2 Å². The van der Waals surface area contributed by atoms with E-state index >= 15 is 0 Å². The summed E-state index contributed by atoms with van der Waals surface area (Å²) >= 11 is 5.11. The molecule has 0 saturated heterocycles. The Labute approximate surface area is 166 Å². The van der Waals surface area contributed by atoms with E-state index < -0.39 is 6.61 Å². The average molecular weight is 460 g/mol. The van der Waals surface area contributed by atoms with Gasteiger partial charge in [-0.3, -0.25) is 4.90 Å². The van der Waals surface area contributed by atoms with Crippen LogP contribution in [-0.4, -0.2) is 35.8 Å². The van der Waals surface area contributed by atoms with Crippen molar-refractivity contribution < 1.29 is 22.8 Å². The van der Waals surface area contributed by atoms with Crippen LogP contribution in [0.4, 0.5) is 8.78 Å². The number of methoxy groups -OCH3 is 1. The molecular formula is C17H16BrF2N3O3S. The van der Waals surface area contributed by atoms with Crippen LogP contribution in [-0.2, 0) is 13.1 Å². The molecule has 0 saturated carbocycles. The molecule has 0 N–H and O–H groups in total. The maximum absolute atomic E-state index is 12.4. The van der Waals surface area contributed by atoms with Crippen molar-refractivity contribution in [3.8, 4) is 22.9 Å². The normalized spacial score (nSPS) is 11.4. The minimum Gasteiger partial charge on any atom is -0.493 e. The van der Waals surface area contributed by atoms with Crippen LogP contribution in [0.25, 0.3) is 11.4 Å². The molecule has 0 radical (unpaired) electrons. The molecule has 0 bridgehead atoms. The maximum Gasteiger partial charge on any atom is 0.387 e. The zero-order valence-corrected chi connectivity index (χ0v) is 16.9. The number of halogens is 3. The highest BCUT2D eigenvalue weighted by atomic mass is 79.9. The third-order valence-electron chi connectivity index (χ3n) is 3.57. The Kier molecular flexibility index (Phi) is 6.40. The van der Waals surface area contributed by atoms with E-state index in [0.29, 0.717) is 23.8 Å². The average Bonchev–Trinajstić information content (AvgIpc) is 3.24. The standard InChI is InChI=1S/C17H16BrF2N3O3S/c1-23(8-11-4-6-14(18)27-11)9-15-21-16(22-26-15)10-3-5-12(25-17(19)20)13(7-10)24-2/h3-7,17H,8-9H2,1-2H3. The number of thiophene rings is 1. The summed E-state index contributed by atoms with van der Waals surface area (Å²) in [5.41, 5.74) is 0.577. The molecule has 0 aliphatic heterocycles. The fraction of sp³-hybridized carbons (Fsp3) is 0.294. The molecule has 6 nitrogen and oxygen atoms in total. The summed E-state index contributed by atoms with van der Waals surface area (Å²) < 4.78 is 40.7. The number of hydrogen-bond donors (Lipinski definition) is 0. The molecule has 0 spiro atoms. The number of aromatic nitrogens is 2. The SMILES string of the molecule is COc1cc(-c2noc(CN(C)Cc3ccc(Br)s3)n2)ccc1OC(F)F. The van der Waals surface area contributed by atoms with Gasteiger partial charge >= 0.3 is 6.61 Å². The minimum atomic E-state index is -2.93. The van der Waals surface area contributed by atoms with E-state index in [1.54, 1.807) is 17.4 Å². The van der Waals surface area contributed by atoms with Gasteiger partial charge in [0.1, 0.15) is 0 Å². The molecule has 0 aliphatic rings. The number of benzene rings is 1. The number of rotatable bonds is 8. The molecule has 2 heterocycles. The van der Waals surface area contributed by atoms with Crippen molar-refractivity contribution in [1.82, 2.24) is 15.0 Å². The van der Waals surface area contributed by atoms with Crippen LogP contribution < -0.4 is 9.47 Å². The highest BCUT2D eigenvalue weighted by Crippen LogP contribution is 2.32. The molecule has 0 unspecified atom stereocenters. The van der Waals surface area contributed by atoms with Gasteiger partial charge in [0.05, 0.1) is 17.4 Å². The summed E-state index contributed by atoms with van der Waals surface area (Å²) in [6, 6.07) is 8.55. The quantitative estimate of drug-likeness (QED) is 0.481. The zero-order chi connectivity index (χ0) is 19.4. The highest BCUT2D eigenvalue weighted by Gasteiger charge is 2.16. The molecule has 3 aromatic rings. The second kappa shape index (κ2) is 8.77. The fourth-order valence-corrected chi connectivity index (χ4v) is 3.99. The fourth-order valence-electron chi connectivity index (χ4n) is 2.43. The van der Waals surface area contributed by atoms with Crippen LogP contribution in [0, 0.1) is 0 Å². The number of nitrogens with zero attached hydrogens (tertiary/aromatic N) is 3. The monoisotopic (exact) mass is 459 g/mol. The van der Waals surface area contributed by atoms with Gasteiger partial charge in [-0.15, -0.1) is 11.3 Å². The van der Waals surface area contributed by atoms with Crippen molar-refractivity contribution in [3.05, 3.63) is 44.9 Å². The Bertz CT molecular complexity index is 903. The maximum atomic E-state index is 12.4. The van der Waals surface area contributed by atoms with Crippen LogP contribution in [0.1, 0.15) is 10.8 Å². The summed E-state index contributed by atoms with van der Waals surface area (Å²) in [5.74, 6) is 0.913. The Morgan fingerprint density at radius 1 is 1.22 bits per heavy atom. The number of hydrogen-bond acceptors (Lipinski definition) is 7. The van der Waals surface area contributed by atoms with E-state index in [-0.39, 0.29) is 11.5 Å². The van der Waals surface area contributed by atoms with Crippen LogP contribution in [0.15, 0.2) is 38.6 Å². The summed E-state index contributed by atoms with van der Waals surface area (Å²) in [7, 11) is 3.33. The van der Waals surface area contributed by atoms with Crippen LogP contribution in [0.3, 0.4) is 0 Å². The predicted molar refractivity (Wildman–Crippen MR) is 100 cm³/mol. The van der Waals surface area contributed by atoms with Gasteiger partial charge in [0.15, 0.2) is 11.5 Å².